The number of anilines is 2. The van der Waals surface area contributed by atoms with Crippen molar-refractivity contribution in [1.29, 1.82) is 0 Å². The first-order valence-corrected chi connectivity index (χ1v) is 7.91. The maximum Gasteiger partial charge on any atom is 0.144 e. The number of rotatable bonds is 4. The van der Waals surface area contributed by atoms with Crippen molar-refractivity contribution >= 4 is 17.7 Å². The average molecular weight is 326 g/mol. The summed E-state index contributed by atoms with van der Waals surface area (Å²) in [5.41, 5.74) is 3.88. The van der Waals surface area contributed by atoms with Crippen molar-refractivity contribution in [3.05, 3.63) is 42.0 Å². The third-order valence-corrected chi connectivity index (χ3v) is 4.52. The lowest BCUT2D eigenvalue weighted by Crippen LogP contribution is -2.52. The molecule has 126 valence electrons. The van der Waals surface area contributed by atoms with E-state index in [9.17, 15) is 9.90 Å². The van der Waals surface area contributed by atoms with Crippen LogP contribution in [0.5, 0.6) is 5.75 Å². The van der Waals surface area contributed by atoms with Crippen LogP contribution in [-0.2, 0) is 11.4 Å². The molecule has 2 aromatic carbocycles. The summed E-state index contributed by atoms with van der Waals surface area (Å²) in [6, 6.07) is 11.3. The Labute approximate surface area is 141 Å². The summed E-state index contributed by atoms with van der Waals surface area (Å²) in [7, 11) is 1.63. The third-order valence-electron chi connectivity index (χ3n) is 4.52. The van der Waals surface area contributed by atoms with Crippen LogP contribution in [0.3, 0.4) is 0 Å². The lowest BCUT2D eigenvalue weighted by Gasteiger charge is -2.40. The zero-order chi connectivity index (χ0) is 17.3. The number of benzene rings is 2. The van der Waals surface area contributed by atoms with Gasteiger partial charge in [-0.05, 0) is 43.2 Å². The number of methoxy groups -OCH3 is 1. The van der Waals surface area contributed by atoms with Crippen molar-refractivity contribution in [2.24, 2.45) is 0 Å². The summed E-state index contributed by atoms with van der Waals surface area (Å²) >= 11 is 0. The van der Waals surface area contributed by atoms with Crippen molar-refractivity contribution in [3.8, 4) is 16.9 Å². The summed E-state index contributed by atoms with van der Waals surface area (Å²) in [6.45, 7) is 3.81. The van der Waals surface area contributed by atoms with Gasteiger partial charge in [-0.1, -0.05) is 18.2 Å². The van der Waals surface area contributed by atoms with E-state index in [0.717, 1.165) is 40.1 Å². The minimum absolute atomic E-state index is 0.129. The molecule has 0 saturated carbocycles. The molecule has 0 aliphatic carbocycles. The van der Waals surface area contributed by atoms with Crippen molar-refractivity contribution in [2.45, 2.75) is 32.0 Å². The third kappa shape index (κ3) is 2.71. The van der Waals surface area contributed by atoms with Gasteiger partial charge in [0.1, 0.15) is 18.1 Å². The Morgan fingerprint density at radius 1 is 1.29 bits per heavy atom. The second-order valence-corrected chi connectivity index (χ2v) is 6.51. The summed E-state index contributed by atoms with van der Waals surface area (Å²) in [5, 5.41) is 16.6. The fourth-order valence-corrected chi connectivity index (χ4v) is 3.11. The summed E-state index contributed by atoms with van der Waals surface area (Å²) in [5.74, 6) is 0.757. The standard InChI is InChI=1S/C19H22N2O3/c1-19(2)17(11-23)20-18-15(10-22)14(7-8-16(18)21-19)12-5-4-6-13(9-12)24-3/h4-9,11,17,20-22H,10H2,1-3H3. The van der Waals surface area contributed by atoms with Gasteiger partial charge in [-0.15, -0.1) is 0 Å². The number of carbonyl (C=O) groups excluding carboxylic acids is 1. The first-order chi connectivity index (χ1) is 11.5. The van der Waals surface area contributed by atoms with Crippen LogP contribution in [-0.4, -0.2) is 30.1 Å². The predicted octanol–water partition coefficient (Wildman–Crippen LogP) is 3.04. The summed E-state index contributed by atoms with van der Waals surface area (Å²) < 4.78 is 5.29. The molecular weight excluding hydrogens is 304 g/mol. The Bertz CT molecular complexity index is 771. The predicted molar refractivity (Wildman–Crippen MR) is 95.5 cm³/mol. The molecule has 0 radical (unpaired) electrons. The van der Waals surface area contributed by atoms with Gasteiger partial charge in [-0.3, -0.25) is 0 Å². The number of aldehydes is 1. The number of nitrogens with one attached hydrogen (secondary N) is 2. The van der Waals surface area contributed by atoms with Gasteiger partial charge in [-0.25, -0.2) is 0 Å². The SMILES string of the molecule is COc1cccc(-c2ccc3c(c2CO)NC(C=O)C(C)(C)N3)c1. The largest absolute Gasteiger partial charge is 0.497 e. The number of carbonyl (C=O) groups is 1. The molecule has 1 heterocycles. The number of hydrogen-bond donors (Lipinski definition) is 3. The molecule has 0 bridgehead atoms. The fraction of sp³-hybridized carbons (Fsp3) is 0.316. The molecule has 1 atom stereocenters. The number of ether oxygens (including phenoxy) is 1. The van der Waals surface area contributed by atoms with Crippen LogP contribution in [0.4, 0.5) is 11.4 Å². The first-order valence-electron chi connectivity index (χ1n) is 7.91. The van der Waals surface area contributed by atoms with Crippen molar-refractivity contribution in [1.82, 2.24) is 0 Å². The number of hydrogen-bond acceptors (Lipinski definition) is 5. The van der Waals surface area contributed by atoms with Gasteiger partial charge < -0.3 is 25.3 Å². The minimum Gasteiger partial charge on any atom is -0.497 e. The molecule has 3 rings (SSSR count). The molecule has 1 aliphatic rings. The second kappa shape index (κ2) is 6.17. The number of fused-ring (bicyclic) bond motifs is 1. The quantitative estimate of drug-likeness (QED) is 0.753. The van der Waals surface area contributed by atoms with Gasteiger partial charge in [0.2, 0.25) is 0 Å². The molecule has 0 fully saturated rings. The number of aliphatic hydroxyl groups is 1. The molecule has 2 aromatic rings. The summed E-state index contributed by atoms with van der Waals surface area (Å²) in [4.78, 5) is 11.4. The highest BCUT2D eigenvalue weighted by Gasteiger charge is 2.35. The Kier molecular flexibility index (Phi) is 4.20. The maximum absolute atomic E-state index is 11.4. The molecule has 0 spiro atoms. The monoisotopic (exact) mass is 326 g/mol. The van der Waals surface area contributed by atoms with E-state index in [1.807, 2.05) is 50.2 Å². The van der Waals surface area contributed by atoms with E-state index in [1.165, 1.54) is 0 Å². The maximum atomic E-state index is 11.4. The highest BCUT2D eigenvalue weighted by atomic mass is 16.5. The molecule has 5 heteroatoms. The Balaban J connectivity index is 2.13. The second-order valence-electron chi connectivity index (χ2n) is 6.51. The zero-order valence-electron chi connectivity index (χ0n) is 14.1. The Morgan fingerprint density at radius 2 is 2.08 bits per heavy atom. The topological polar surface area (TPSA) is 70.6 Å². The molecule has 0 aromatic heterocycles. The van der Waals surface area contributed by atoms with Crippen molar-refractivity contribution < 1.29 is 14.6 Å². The fourth-order valence-electron chi connectivity index (χ4n) is 3.11. The lowest BCUT2D eigenvalue weighted by molar-refractivity contribution is -0.109. The molecule has 24 heavy (non-hydrogen) atoms. The van der Waals surface area contributed by atoms with Crippen LogP contribution >= 0.6 is 0 Å². The smallest absolute Gasteiger partial charge is 0.144 e. The van der Waals surface area contributed by atoms with Crippen molar-refractivity contribution in [3.63, 3.8) is 0 Å². The van der Waals surface area contributed by atoms with Gasteiger partial charge in [-0.2, -0.15) is 0 Å². The van der Waals surface area contributed by atoms with Crippen LogP contribution in [0.25, 0.3) is 11.1 Å². The van der Waals surface area contributed by atoms with Crippen LogP contribution in [0.1, 0.15) is 19.4 Å². The van der Waals surface area contributed by atoms with Gasteiger partial charge in [0, 0.05) is 5.56 Å². The van der Waals surface area contributed by atoms with E-state index in [2.05, 4.69) is 10.6 Å². The lowest BCUT2D eigenvalue weighted by atomic mass is 9.89. The molecule has 3 N–H and O–H groups in total. The van der Waals surface area contributed by atoms with E-state index in [0.29, 0.717) is 0 Å². The minimum atomic E-state index is -0.404. The van der Waals surface area contributed by atoms with Gasteiger partial charge in [0.25, 0.3) is 0 Å². The molecule has 1 aliphatic heterocycles. The van der Waals surface area contributed by atoms with E-state index in [-0.39, 0.29) is 12.6 Å². The van der Waals surface area contributed by atoms with E-state index in [1.54, 1.807) is 7.11 Å². The van der Waals surface area contributed by atoms with Crippen LogP contribution in [0, 0.1) is 0 Å². The zero-order valence-corrected chi connectivity index (χ0v) is 14.1. The molecule has 0 amide bonds. The number of aliphatic hydroxyl groups excluding tert-OH is 1. The van der Waals surface area contributed by atoms with Crippen LogP contribution < -0.4 is 15.4 Å². The van der Waals surface area contributed by atoms with E-state index < -0.39 is 5.54 Å². The highest BCUT2D eigenvalue weighted by molar-refractivity contribution is 5.87. The van der Waals surface area contributed by atoms with Gasteiger partial charge in [0.15, 0.2) is 0 Å². The van der Waals surface area contributed by atoms with Crippen molar-refractivity contribution in [2.75, 3.05) is 17.7 Å². The highest BCUT2D eigenvalue weighted by Crippen LogP contribution is 2.40. The Hall–Kier alpha value is -2.53. The van der Waals surface area contributed by atoms with Crippen LogP contribution in [0.2, 0.25) is 0 Å². The molecule has 1 unspecified atom stereocenters. The average Bonchev–Trinajstić information content (AvgIpc) is 2.59. The van der Waals surface area contributed by atoms with Gasteiger partial charge in [0.05, 0.1) is 30.6 Å². The van der Waals surface area contributed by atoms with E-state index >= 15 is 0 Å². The van der Waals surface area contributed by atoms with Crippen LogP contribution in [0.15, 0.2) is 36.4 Å². The van der Waals surface area contributed by atoms with Gasteiger partial charge >= 0.3 is 0 Å². The molecule has 0 saturated heterocycles. The first kappa shape index (κ1) is 16.3. The molecular formula is C19H22N2O3. The summed E-state index contributed by atoms with van der Waals surface area (Å²) in [6.07, 6.45) is 0.898. The van der Waals surface area contributed by atoms with E-state index in [4.69, 9.17) is 4.74 Å². The normalized spacial score (nSPS) is 18.1. The molecule has 5 nitrogen and oxygen atoms in total. The Morgan fingerprint density at radius 3 is 2.75 bits per heavy atom.